The van der Waals surface area contributed by atoms with E-state index in [4.69, 9.17) is 10.2 Å². The summed E-state index contributed by atoms with van der Waals surface area (Å²) in [7, 11) is 0. The van der Waals surface area contributed by atoms with Crippen molar-refractivity contribution in [3.05, 3.63) is 53.3 Å². The molecule has 1 aliphatic rings. The van der Waals surface area contributed by atoms with Gasteiger partial charge in [0.05, 0.1) is 34.2 Å². The summed E-state index contributed by atoms with van der Waals surface area (Å²) in [6.07, 6.45) is 0.689. The average molecular weight is 429 g/mol. The van der Waals surface area contributed by atoms with Crippen LogP contribution in [0.1, 0.15) is 23.4 Å². The van der Waals surface area contributed by atoms with Crippen molar-refractivity contribution >= 4 is 22.5 Å². The lowest BCUT2D eigenvalue weighted by Gasteiger charge is -2.14. The van der Waals surface area contributed by atoms with Gasteiger partial charge < -0.3 is 4.90 Å². The maximum Gasteiger partial charge on any atom is 0.323 e. The fraction of sp³-hybridized carbons (Fsp3) is 0.261. The molecule has 1 aliphatic heterocycles. The Hall–Kier alpha value is -3.75. The number of nitrogens with one attached hydrogen (secondary N) is 1. The minimum absolute atomic E-state index is 0.121. The smallest absolute Gasteiger partial charge is 0.323 e. The maximum atomic E-state index is 12.7. The molecule has 4 rings (SSSR count). The number of hydrogen-bond donors (Lipinski definition) is 1. The van der Waals surface area contributed by atoms with E-state index in [-0.39, 0.29) is 11.9 Å². The third-order valence-corrected chi connectivity index (χ3v) is 6.13. The van der Waals surface area contributed by atoms with E-state index in [0.29, 0.717) is 35.9 Å². The van der Waals surface area contributed by atoms with Gasteiger partial charge in [0, 0.05) is 30.0 Å². The van der Waals surface area contributed by atoms with E-state index in [0.717, 1.165) is 27.4 Å². The van der Waals surface area contributed by atoms with Gasteiger partial charge in [-0.1, -0.05) is 23.5 Å². The number of aromatic nitrogens is 2. The average Bonchev–Trinajstić information content (AvgIpc) is 3.40. The number of hydrogen-bond acceptors (Lipinski definition) is 6. The minimum atomic E-state index is -0.252. The fourth-order valence-corrected chi connectivity index (χ4v) is 4.65. The van der Waals surface area contributed by atoms with Gasteiger partial charge in [-0.05, 0) is 50.1 Å². The lowest BCUT2D eigenvalue weighted by molar-refractivity contribution is 0.222. The van der Waals surface area contributed by atoms with Crippen molar-refractivity contribution < 1.29 is 4.79 Å². The van der Waals surface area contributed by atoms with Crippen LogP contribution < -0.4 is 5.32 Å². The van der Waals surface area contributed by atoms with Crippen molar-refractivity contribution in [3.8, 4) is 33.8 Å². The number of aryl methyl sites for hydroxylation is 2. The van der Waals surface area contributed by atoms with Gasteiger partial charge in [0.2, 0.25) is 0 Å². The van der Waals surface area contributed by atoms with Crippen LogP contribution in [-0.2, 0) is 0 Å². The number of anilines is 1. The standard InChI is InChI=1S/C23H20N6OS/c1-14-8-19(9-15(2)26-14)21-20(18-5-3-4-16(10-18)11-24)27-22(31-21)28-23(30)29-7-6-17(12-25)13-29/h3-5,8-10,17H,6-7,13H2,1-2H3,(H,27,28,30)/t17-/m0/s1. The van der Waals surface area contributed by atoms with Crippen molar-refractivity contribution in [2.75, 3.05) is 18.4 Å². The predicted octanol–water partition coefficient (Wildman–Crippen LogP) is 4.74. The Bertz CT molecular complexity index is 1220. The molecular formula is C23H20N6OS. The molecule has 0 bridgehead atoms. The van der Waals surface area contributed by atoms with Crippen LogP contribution in [0.3, 0.4) is 0 Å². The Kier molecular flexibility index (Phi) is 5.66. The lowest BCUT2D eigenvalue weighted by Crippen LogP contribution is -2.32. The first-order valence-electron chi connectivity index (χ1n) is 9.89. The highest BCUT2D eigenvalue weighted by Gasteiger charge is 2.27. The summed E-state index contributed by atoms with van der Waals surface area (Å²) in [6, 6.07) is 15.4. The number of urea groups is 1. The third kappa shape index (κ3) is 4.40. The molecule has 0 saturated carbocycles. The molecule has 7 nitrogen and oxygen atoms in total. The summed E-state index contributed by atoms with van der Waals surface area (Å²) in [5.41, 5.74) is 4.81. The maximum absolute atomic E-state index is 12.7. The number of carbonyl (C=O) groups excluding carboxylic acids is 1. The summed E-state index contributed by atoms with van der Waals surface area (Å²) < 4.78 is 0. The Balaban J connectivity index is 1.73. The summed E-state index contributed by atoms with van der Waals surface area (Å²) in [4.78, 5) is 24.4. The monoisotopic (exact) mass is 428 g/mol. The zero-order valence-corrected chi connectivity index (χ0v) is 18.0. The van der Waals surface area contributed by atoms with Crippen LogP contribution in [0.5, 0.6) is 0 Å². The Morgan fingerprint density at radius 3 is 2.61 bits per heavy atom. The molecule has 8 heteroatoms. The number of pyridine rings is 1. The van der Waals surface area contributed by atoms with Crippen LogP contribution in [-0.4, -0.2) is 34.0 Å². The molecular weight excluding hydrogens is 408 g/mol. The number of thiazole rings is 1. The van der Waals surface area contributed by atoms with E-state index >= 15 is 0 Å². The van der Waals surface area contributed by atoms with E-state index in [1.807, 2.05) is 38.1 Å². The highest BCUT2D eigenvalue weighted by molar-refractivity contribution is 7.19. The van der Waals surface area contributed by atoms with Crippen molar-refractivity contribution in [2.45, 2.75) is 20.3 Å². The summed E-state index contributed by atoms with van der Waals surface area (Å²) >= 11 is 1.39. The quantitative estimate of drug-likeness (QED) is 0.649. The van der Waals surface area contributed by atoms with Gasteiger partial charge in [0.25, 0.3) is 0 Å². The van der Waals surface area contributed by atoms with Gasteiger partial charge in [-0.15, -0.1) is 0 Å². The largest absolute Gasteiger partial charge is 0.323 e. The molecule has 1 atom stereocenters. The molecule has 1 fully saturated rings. The first-order chi connectivity index (χ1) is 15.0. The number of rotatable bonds is 3. The highest BCUT2D eigenvalue weighted by atomic mass is 32.1. The van der Waals surface area contributed by atoms with E-state index in [1.165, 1.54) is 11.3 Å². The number of likely N-dealkylation sites (tertiary alicyclic amines) is 1. The van der Waals surface area contributed by atoms with Crippen molar-refractivity contribution in [1.82, 2.24) is 14.9 Å². The molecule has 0 unspecified atom stereocenters. The summed E-state index contributed by atoms with van der Waals surface area (Å²) in [6.45, 7) is 4.87. The van der Waals surface area contributed by atoms with Gasteiger partial charge in [0.15, 0.2) is 5.13 Å². The predicted molar refractivity (Wildman–Crippen MR) is 119 cm³/mol. The number of carbonyl (C=O) groups is 1. The minimum Gasteiger partial charge on any atom is -0.323 e. The number of nitrogens with zero attached hydrogens (tertiary/aromatic N) is 5. The molecule has 0 spiro atoms. The van der Waals surface area contributed by atoms with Crippen LogP contribution in [0.25, 0.3) is 21.7 Å². The Morgan fingerprint density at radius 1 is 1.16 bits per heavy atom. The molecule has 3 heterocycles. The SMILES string of the molecule is Cc1cc(-c2sc(NC(=O)N3CC[C@@H](C#N)C3)nc2-c2cccc(C#N)c2)cc(C)n1. The molecule has 2 amide bonds. The van der Waals surface area contributed by atoms with Crippen molar-refractivity contribution in [3.63, 3.8) is 0 Å². The first kappa shape index (κ1) is 20.5. The van der Waals surface area contributed by atoms with E-state index in [2.05, 4.69) is 22.4 Å². The van der Waals surface area contributed by atoms with Crippen LogP contribution in [0.15, 0.2) is 36.4 Å². The van der Waals surface area contributed by atoms with Gasteiger partial charge in [-0.25, -0.2) is 9.78 Å². The van der Waals surface area contributed by atoms with Gasteiger partial charge in [0.1, 0.15) is 0 Å². The first-order valence-corrected chi connectivity index (χ1v) is 10.7. The topological polar surface area (TPSA) is 106 Å². The molecule has 0 radical (unpaired) electrons. The number of amides is 2. The molecule has 2 aromatic heterocycles. The summed E-state index contributed by atoms with van der Waals surface area (Å²) in [5, 5.41) is 21.7. The van der Waals surface area contributed by atoms with Crippen LogP contribution in [0.4, 0.5) is 9.93 Å². The Labute approximate surface area is 184 Å². The molecule has 0 aliphatic carbocycles. The summed E-state index contributed by atoms with van der Waals surface area (Å²) in [5.74, 6) is -0.121. The van der Waals surface area contributed by atoms with Crippen LogP contribution in [0, 0.1) is 42.4 Å². The van der Waals surface area contributed by atoms with Gasteiger partial charge in [-0.3, -0.25) is 10.3 Å². The van der Waals surface area contributed by atoms with Crippen molar-refractivity contribution in [2.24, 2.45) is 5.92 Å². The lowest BCUT2D eigenvalue weighted by atomic mass is 10.0. The molecule has 1 aromatic carbocycles. The molecule has 1 saturated heterocycles. The third-order valence-electron chi connectivity index (χ3n) is 5.11. The second-order valence-electron chi connectivity index (χ2n) is 7.52. The van der Waals surface area contributed by atoms with E-state index in [9.17, 15) is 10.1 Å². The zero-order chi connectivity index (χ0) is 22.0. The normalized spacial score (nSPS) is 15.4. The fourth-order valence-electron chi connectivity index (χ4n) is 3.69. The van der Waals surface area contributed by atoms with Crippen LogP contribution in [0.2, 0.25) is 0 Å². The highest BCUT2D eigenvalue weighted by Crippen LogP contribution is 2.39. The van der Waals surface area contributed by atoms with Gasteiger partial charge >= 0.3 is 6.03 Å². The Morgan fingerprint density at radius 2 is 1.94 bits per heavy atom. The number of benzene rings is 1. The van der Waals surface area contributed by atoms with Crippen molar-refractivity contribution in [1.29, 1.82) is 10.5 Å². The molecule has 1 N–H and O–H groups in total. The second-order valence-corrected chi connectivity index (χ2v) is 8.52. The zero-order valence-electron chi connectivity index (χ0n) is 17.2. The second kappa shape index (κ2) is 8.55. The van der Waals surface area contributed by atoms with E-state index < -0.39 is 0 Å². The van der Waals surface area contributed by atoms with Crippen LogP contribution >= 0.6 is 11.3 Å². The molecule has 154 valence electrons. The molecule has 31 heavy (non-hydrogen) atoms. The van der Waals surface area contributed by atoms with E-state index in [1.54, 1.807) is 17.0 Å². The van der Waals surface area contributed by atoms with Gasteiger partial charge in [-0.2, -0.15) is 10.5 Å². The number of nitriles is 2. The molecule has 3 aromatic rings.